The second kappa shape index (κ2) is 4.10. The SMILES string of the molecule is O=S(=O)(c1ccc(C2CO2)cc1)C1CCCC1. The van der Waals surface area contributed by atoms with Crippen molar-refractivity contribution in [3.05, 3.63) is 29.8 Å². The van der Waals surface area contributed by atoms with Crippen molar-refractivity contribution in [3.63, 3.8) is 0 Å². The average Bonchev–Trinajstić information content (AvgIpc) is 3.03. The van der Waals surface area contributed by atoms with E-state index in [-0.39, 0.29) is 11.4 Å². The number of sulfone groups is 1. The molecule has 2 fully saturated rings. The fourth-order valence-electron chi connectivity index (χ4n) is 2.50. The van der Waals surface area contributed by atoms with E-state index >= 15 is 0 Å². The summed E-state index contributed by atoms with van der Waals surface area (Å²) < 4.78 is 29.8. The largest absolute Gasteiger partial charge is 0.368 e. The molecule has 1 aliphatic carbocycles. The summed E-state index contributed by atoms with van der Waals surface area (Å²) in [6, 6.07) is 7.20. The van der Waals surface area contributed by atoms with Crippen LogP contribution in [0, 0.1) is 0 Å². The highest BCUT2D eigenvalue weighted by Crippen LogP contribution is 2.33. The van der Waals surface area contributed by atoms with Crippen molar-refractivity contribution < 1.29 is 13.2 Å². The van der Waals surface area contributed by atoms with Crippen LogP contribution >= 0.6 is 0 Å². The summed E-state index contributed by atoms with van der Waals surface area (Å²) in [6.45, 7) is 0.759. The third-order valence-electron chi connectivity index (χ3n) is 3.65. The van der Waals surface area contributed by atoms with Crippen LogP contribution < -0.4 is 0 Å². The highest BCUT2D eigenvalue weighted by Gasteiger charge is 2.31. The Bertz CT molecular complexity index is 494. The Labute approximate surface area is 102 Å². The van der Waals surface area contributed by atoms with Gasteiger partial charge >= 0.3 is 0 Å². The Kier molecular flexibility index (Phi) is 2.71. The van der Waals surface area contributed by atoms with Crippen LogP contribution in [0.4, 0.5) is 0 Å². The first-order valence-corrected chi connectivity index (χ1v) is 7.68. The predicted molar refractivity (Wildman–Crippen MR) is 64.6 cm³/mol. The van der Waals surface area contributed by atoms with E-state index in [0.717, 1.165) is 37.9 Å². The third-order valence-corrected chi connectivity index (χ3v) is 5.93. The van der Waals surface area contributed by atoms with Crippen molar-refractivity contribution in [2.24, 2.45) is 0 Å². The smallest absolute Gasteiger partial charge is 0.181 e. The van der Waals surface area contributed by atoms with Gasteiger partial charge in [0.1, 0.15) is 6.10 Å². The fourth-order valence-corrected chi connectivity index (χ4v) is 4.36. The third kappa shape index (κ3) is 2.11. The molecule has 0 amide bonds. The molecule has 1 aromatic rings. The van der Waals surface area contributed by atoms with Gasteiger partial charge in [-0.1, -0.05) is 25.0 Å². The van der Waals surface area contributed by atoms with Crippen molar-refractivity contribution >= 4 is 9.84 Å². The van der Waals surface area contributed by atoms with Crippen LogP contribution in [0.5, 0.6) is 0 Å². The minimum atomic E-state index is -3.10. The molecule has 0 N–H and O–H groups in total. The summed E-state index contributed by atoms with van der Waals surface area (Å²) in [6.07, 6.45) is 3.90. The van der Waals surface area contributed by atoms with Gasteiger partial charge in [0, 0.05) is 0 Å². The summed E-state index contributed by atoms with van der Waals surface area (Å²) in [5.41, 5.74) is 1.08. The van der Waals surface area contributed by atoms with E-state index in [4.69, 9.17) is 4.74 Å². The molecule has 1 aliphatic heterocycles. The van der Waals surface area contributed by atoms with Crippen LogP contribution in [0.25, 0.3) is 0 Å². The molecular weight excluding hydrogens is 236 g/mol. The first-order chi connectivity index (χ1) is 8.18. The quantitative estimate of drug-likeness (QED) is 0.776. The maximum Gasteiger partial charge on any atom is 0.181 e. The minimum absolute atomic E-state index is 0.162. The second-order valence-corrected chi connectivity index (χ2v) is 7.07. The summed E-state index contributed by atoms with van der Waals surface area (Å²) >= 11 is 0. The molecular formula is C13H16O3S. The molecule has 0 spiro atoms. The maximum absolute atomic E-state index is 12.3. The summed E-state index contributed by atoms with van der Waals surface area (Å²) in [7, 11) is -3.10. The van der Waals surface area contributed by atoms with E-state index in [9.17, 15) is 8.42 Å². The molecule has 1 heterocycles. The van der Waals surface area contributed by atoms with Gasteiger partial charge < -0.3 is 4.74 Å². The molecule has 17 heavy (non-hydrogen) atoms. The van der Waals surface area contributed by atoms with E-state index in [1.54, 1.807) is 12.1 Å². The Balaban J connectivity index is 1.86. The lowest BCUT2D eigenvalue weighted by molar-refractivity contribution is 0.415. The highest BCUT2D eigenvalue weighted by atomic mass is 32.2. The van der Waals surface area contributed by atoms with Crippen LogP contribution in [0.1, 0.15) is 37.4 Å². The van der Waals surface area contributed by atoms with Crippen LogP contribution in [0.15, 0.2) is 29.2 Å². The Hall–Kier alpha value is -0.870. The van der Waals surface area contributed by atoms with Gasteiger partial charge in [0.05, 0.1) is 16.8 Å². The number of epoxide rings is 1. The number of rotatable bonds is 3. The molecule has 1 unspecified atom stereocenters. The lowest BCUT2D eigenvalue weighted by atomic mass is 10.2. The topological polar surface area (TPSA) is 46.7 Å². The fraction of sp³-hybridized carbons (Fsp3) is 0.538. The number of hydrogen-bond donors (Lipinski definition) is 0. The van der Waals surface area contributed by atoms with Crippen LogP contribution in [0.3, 0.4) is 0 Å². The number of hydrogen-bond acceptors (Lipinski definition) is 3. The molecule has 0 radical (unpaired) electrons. The van der Waals surface area contributed by atoms with Crippen LogP contribution in [-0.4, -0.2) is 20.3 Å². The Morgan fingerprint density at radius 2 is 1.65 bits per heavy atom. The zero-order chi connectivity index (χ0) is 11.9. The van der Waals surface area contributed by atoms with Gasteiger partial charge in [-0.25, -0.2) is 8.42 Å². The maximum atomic E-state index is 12.3. The molecule has 3 rings (SSSR count). The molecule has 1 saturated heterocycles. The summed E-state index contributed by atoms with van der Waals surface area (Å²) in [4.78, 5) is 0.466. The van der Waals surface area contributed by atoms with E-state index in [1.807, 2.05) is 12.1 Å². The van der Waals surface area contributed by atoms with E-state index in [0.29, 0.717) is 4.90 Å². The molecule has 1 aromatic carbocycles. The first kappa shape index (κ1) is 11.2. The summed E-state index contributed by atoms with van der Waals surface area (Å²) in [5, 5.41) is -0.162. The van der Waals surface area contributed by atoms with Crippen LogP contribution in [-0.2, 0) is 14.6 Å². The van der Waals surface area contributed by atoms with Gasteiger partial charge in [0.2, 0.25) is 0 Å². The van der Waals surface area contributed by atoms with Gasteiger partial charge in [-0.3, -0.25) is 0 Å². The van der Waals surface area contributed by atoms with E-state index < -0.39 is 9.84 Å². The van der Waals surface area contributed by atoms with Crippen molar-refractivity contribution in [2.75, 3.05) is 6.61 Å². The molecule has 1 atom stereocenters. The van der Waals surface area contributed by atoms with Crippen LogP contribution in [0.2, 0.25) is 0 Å². The monoisotopic (exact) mass is 252 g/mol. The van der Waals surface area contributed by atoms with E-state index in [1.165, 1.54) is 0 Å². The Morgan fingerprint density at radius 1 is 1.06 bits per heavy atom. The second-order valence-electron chi connectivity index (χ2n) is 4.84. The molecule has 0 aromatic heterocycles. The van der Waals surface area contributed by atoms with Gasteiger partial charge in [0.15, 0.2) is 9.84 Å². The molecule has 3 nitrogen and oxygen atoms in total. The van der Waals surface area contributed by atoms with Gasteiger partial charge in [-0.15, -0.1) is 0 Å². The minimum Gasteiger partial charge on any atom is -0.368 e. The zero-order valence-corrected chi connectivity index (χ0v) is 10.4. The molecule has 92 valence electrons. The van der Waals surface area contributed by atoms with Crippen molar-refractivity contribution in [3.8, 4) is 0 Å². The van der Waals surface area contributed by atoms with Gasteiger partial charge in [-0.2, -0.15) is 0 Å². The standard InChI is InChI=1S/C13H16O3S/c14-17(15,11-3-1-2-4-11)12-7-5-10(6-8-12)13-9-16-13/h5-8,11,13H,1-4,9H2. The summed E-state index contributed by atoms with van der Waals surface area (Å²) in [5.74, 6) is 0. The molecule has 4 heteroatoms. The normalized spacial score (nSPS) is 25.1. The van der Waals surface area contributed by atoms with Gasteiger partial charge in [-0.05, 0) is 30.5 Å². The molecule has 1 saturated carbocycles. The van der Waals surface area contributed by atoms with Crippen molar-refractivity contribution in [2.45, 2.75) is 41.9 Å². The number of ether oxygens (including phenoxy) is 1. The van der Waals surface area contributed by atoms with E-state index in [2.05, 4.69) is 0 Å². The number of benzene rings is 1. The van der Waals surface area contributed by atoms with Crippen molar-refractivity contribution in [1.29, 1.82) is 0 Å². The lowest BCUT2D eigenvalue weighted by Crippen LogP contribution is -2.17. The predicted octanol–water partition coefficient (Wildman–Crippen LogP) is 2.47. The zero-order valence-electron chi connectivity index (χ0n) is 9.63. The van der Waals surface area contributed by atoms with Gasteiger partial charge in [0.25, 0.3) is 0 Å². The molecule has 2 aliphatic rings. The highest BCUT2D eigenvalue weighted by molar-refractivity contribution is 7.92. The van der Waals surface area contributed by atoms with Crippen molar-refractivity contribution in [1.82, 2.24) is 0 Å². The Morgan fingerprint density at radius 3 is 2.18 bits per heavy atom. The average molecular weight is 252 g/mol. The first-order valence-electron chi connectivity index (χ1n) is 6.13. The molecule has 0 bridgehead atoms. The lowest BCUT2D eigenvalue weighted by Gasteiger charge is -2.11.